The maximum absolute atomic E-state index is 12.8. The summed E-state index contributed by atoms with van der Waals surface area (Å²) in [7, 11) is 0. The van der Waals surface area contributed by atoms with Gasteiger partial charge >= 0.3 is 5.97 Å². The number of carbonyl (C=O) groups excluding carboxylic acids is 1. The Labute approximate surface area is 160 Å². The molecular formula is C21H27N3O3. The van der Waals surface area contributed by atoms with E-state index in [0.717, 1.165) is 29.0 Å². The number of aliphatic imine (C=N–C) groups is 2. The number of pyridine rings is 1. The molecule has 2 aliphatic heterocycles. The SMILES string of the molecule is CCOC(=O)C1C(C)=NC(CC)=C(C2=NC(C)(C)CO2)C1c1cccnc1. The molecule has 144 valence electrons. The third kappa shape index (κ3) is 3.80. The van der Waals surface area contributed by atoms with Crippen molar-refractivity contribution in [2.24, 2.45) is 15.9 Å². The molecule has 6 nitrogen and oxygen atoms in total. The molecule has 0 saturated carbocycles. The summed E-state index contributed by atoms with van der Waals surface area (Å²) in [6.07, 6.45) is 4.24. The smallest absolute Gasteiger partial charge is 0.315 e. The van der Waals surface area contributed by atoms with Gasteiger partial charge in [0.15, 0.2) is 0 Å². The summed E-state index contributed by atoms with van der Waals surface area (Å²) < 4.78 is 11.3. The number of esters is 1. The minimum Gasteiger partial charge on any atom is -0.475 e. The molecule has 2 aliphatic rings. The molecule has 0 spiro atoms. The monoisotopic (exact) mass is 369 g/mol. The van der Waals surface area contributed by atoms with Crippen LogP contribution in [0.5, 0.6) is 0 Å². The summed E-state index contributed by atoms with van der Waals surface area (Å²) in [6.45, 7) is 10.7. The van der Waals surface area contributed by atoms with Gasteiger partial charge in [-0.15, -0.1) is 0 Å². The minimum absolute atomic E-state index is 0.280. The fraction of sp³-hybridized carbons (Fsp3) is 0.524. The van der Waals surface area contributed by atoms with E-state index in [1.807, 2.05) is 39.8 Å². The molecule has 2 atom stereocenters. The standard InChI is InChI=1S/C21H27N3O3/c1-6-15-18(19-24-21(4,5)12-27-19)17(14-9-8-10-22-11-14)16(13(3)23-15)20(25)26-7-2/h8-11,16-17H,6-7,12H2,1-5H3. The van der Waals surface area contributed by atoms with Gasteiger partial charge in [0.2, 0.25) is 5.90 Å². The second-order valence-electron chi connectivity index (χ2n) is 7.48. The summed E-state index contributed by atoms with van der Waals surface area (Å²) in [4.78, 5) is 26.6. The van der Waals surface area contributed by atoms with Crippen molar-refractivity contribution in [2.75, 3.05) is 13.2 Å². The van der Waals surface area contributed by atoms with Crippen molar-refractivity contribution in [1.82, 2.24) is 4.98 Å². The van der Waals surface area contributed by atoms with Crippen molar-refractivity contribution in [1.29, 1.82) is 0 Å². The van der Waals surface area contributed by atoms with Crippen molar-refractivity contribution < 1.29 is 14.3 Å². The molecule has 0 bridgehead atoms. The Kier molecular flexibility index (Phi) is 5.44. The maximum Gasteiger partial charge on any atom is 0.315 e. The molecule has 0 fully saturated rings. The molecule has 27 heavy (non-hydrogen) atoms. The first-order valence-electron chi connectivity index (χ1n) is 9.45. The summed E-state index contributed by atoms with van der Waals surface area (Å²) in [5, 5.41) is 0. The van der Waals surface area contributed by atoms with Crippen LogP contribution in [0.3, 0.4) is 0 Å². The average Bonchev–Trinajstić information content (AvgIpc) is 3.00. The molecular weight excluding hydrogens is 342 g/mol. The van der Waals surface area contributed by atoms with Crippen LogP contribution in [0.15, 0.2) is 45.8 Å². The van der Waals surface area contributed by atoms with E-state index in [2.05, 4.69) is 11.9 Å². The Balaban J connectivity index is 2.19. The van der Waals surface area contributed by atoms with Crippen LogP contribution in [0.25, 0.3) is 0 Å². The zero-order valence-electron chi connectivity index (χ0n) is 16.7. The molecule has 6 heteroatoms. The lowest BCUT2D eigenvalue weighted by atomic mass is 9.75. The van der Waals surface area contributed by atoms with Gasteiger partial charge in [-0.25, -0.2) is 4.99 Å². The third-order valence-corrected chi connectivity index (χ3v) is 4.83. The molecule has 3 rings (SSSR count). The van der Waals surface area contributed by atoms with Crippen LogP contribution in [0, 0.1) is 5.92 Å². The van der Waals surface area contributed by atoms with Gasteiger partial charge in [0.1, 0.15) is 12.5 Å². The minimum atomic E-state index is -0.519. The quantitative estimate of drug-likeness (QED) is 0.742. The largest absolute Gasteiger partial charge is 0.475 e. The first-order chi connectivity index (χ1) is 12.9. The molecule has 0 amide bonds. The molecule has 1 aromatic rings. The highest BCUT2D eigenvalue weighted by atomic mass is 16.5. The maximum atomic E-state index is 12.8. The Bertz CT molecular complexity index is 809. The lowest BCUT2D eigenvalue weighted by Gasteiger charge is -2.32. The molecule has 0 saturated heterocycles. The van der Waals surface area contributed by atoms with E-state index in [-0.39, 0.29) is 17.4 Å². The van der Waals surface area contributed by atoms with E-state index in [9.17, 15) is 4.79 Å². The number of aromatic nitrogens is 1. The van der Waals surface area contributed by atoms with Gasteiger partial charge in [-0.3, -0.25) is 14.8 Å². The average molecular weight is 369 g/mol. The van der Waals surface area contributed by atoms with Crippen molar-refractivity contribution in [3.63, 3.8) is 0 Å². The molecule has 2 unspecified atom stereocenters. The molecule has 0 aromatic carbocycles. The van der Waals surface area contributed by atoms with Gasteiger partial charge in [-0.1, -0.05) is 13.0 Å². The van der Waals surface area contributed by atoms with Gasteiger partial charge < -0.3 is 9.47 Å². The summed E-state index contributed by atoms with van der Waals surface area (Å²) >= 11 is 0. The van der Waals surface area contributed by atoms with Crippen molar-refractivity contribution >= 4 is 17.6 Å². The Morgan fingerprint density at radius 2 is 2.15 bits per heavy atom. The highest BCUT2D eigenvalue weighted by Gasteiger charge is 2.43. The zero-order chi connectivity index (χ0) is 19.6. The van der Waals surface area contributed by atoms with Gasteiger partial charge in [-0.2, -0.15) is 0 Å². The third-order valence-electron chi connectivity index (χ3n) is 4.83. The van der Waals surface area contributed by atoms with E-state index >= 15 is 0 Å². The summed E-state index contributed by atoms with van der Waals surface area (Å²) in [5.41, 5.74) is 3.16. The first kappa shape index (κ1) is 19.3. The fourth-order valence-corrected chi connectivity index (χ4v) is 3.64. The number of allylic oxidation sites excluding steroid dienone is 1. The molecule has 0 aliphatic carbocycles. The van der Waals surface area contributed by atoms with Gasteiger partial charge in [0.05, 0.1) is 12.1 Å². The van der Waals surface area contributed by atoms with E-state index in [1.165, 1.54) is 0 Å². The van der Waals surface area contributed by atoms with Gasteiger partial charge in [0.25, 0.3) is 0 Å². The number of hydrogen-bond donors (Lipinski definition) is 0. The van der Waals surface area contributed by atoms with Crippen molar-refractivity contribution in [2.45, 2.75) is 52.5 Å². The number of rotatable bonds is 5. The first-order valence-corrected chi connectivity index (χ1v) is 9.45. The number of hydrogen-bond acceptors (Lipinski definition) is 6. The van der Waals surface area contributed by atoms with Gasteiger partial charge in [-0.05, 0) is 45.7 Å². The van der Waals surface area contributed by atoms with Gasteiger partial charge in [0, 0.05) is 35.3 Å². The number of carbonyl (C=O) groups is 1. The predicted octanol–water partition coefficient (Wildman–Crippen LogP) is 3.69. The van der Waals surface area contributed by atoms with Crippen molar-refractivity contribution in [3.8, 4) is 0 Å². The van der Waals surface area contributed by atoms with Crippen LogP contribution in [0.4, 0.5) is 0 Å². The molecule has 3 heterocycles. The fourth-order valence-electron chi connectivity index (χ4n) is 3.64. The Hall–Kier alpha value is -2.50. The highest BCUT2D eigenvalue weighted by molar-refractivity contribution is 6.08. The zero-order valence-corrected chi connectivity index (χ0v) is 16.7. The molecule has 0 N–H and O–H groups in total. The second-order valence-corrected chi connectivity index (χ2v) is 7.48. The number of ether oxygens (including phenoxy) is 2. The summed E-state index contributed by atoms with van der Waals surface area (Å²) in [6, 6.07) is 3.86. The van der Waals surface area contributed by atoms with Crippen LogP contribution in [0.1, 0.15) is 52.5 Å². The van der Waals surface area contributed by atoms with Crippen LogP contribution in [0.2, 0.25) is 0 Å². The lowest BCUT2D eigenvalue weighted by molar-refractivity contribution is -0.146. The lowest BCUT2D eigenvalue weighted by Crippen LogP contribution is -2.36. The highest BCUT2D eigenvalue weighted by Crippen LogP contribution is 2.42. The van der Waals surface area contributed by atoms with Crippen LogP contribution >= 0.6 is 0 Å². The van der Waals surface area contributed by atoms with E-state index in [0.29, 0.717) is 19.1 Å². The number of nitrogens with zero attached hydrogens (tertiary/aromatic N) is 3. The van der Waals surface area contributed by atoms with E-state index < -0.39 is 5.92 Å². The van der Waals surface area contributed by atoms with Crippen LogP contribution < -0.4 is 0 Å². The normalized spacial score (nSPS) is 24.2. The van der Waals surface area contributed by atoms with Crippen LogP contribution in [-0.4, -0.2) is 41.3 Å². The Morgan fingerprint density at radius 1 is 1.37 bits per heavy atom. The van der Waals surface area contributed by atoms with Crippen LogP contribution in [-0.2, 0) is 14.3 Å². The Morgan fingerprint density at radius 3 is 2.70 bits per heavy atom. The van der Waals surface area contributed by atoms with Crippen molar-refractivity contribution in [3.05, 3.63) is 41.4 Å². The summed E-state index contributed by atoms with van der Waals surface area (Å²) in [5.74, 6) is -0.498. The molecule has 1 aromatic heterocycles. The van der Waals surface area contributed by atoms with E-state index in [1.54, 1.807) is 12.4 Å². The second kappa shape index (κ2) is 7.62. The predicted molar refractivity (Wildman–Crippen MR) is 105 cm³/mol. The van der Waals surface area contributed by atoms with E-state index in [4.69, 9.17) is 19.5 Å². The topological polar surface area (TPSA) is 73.1 Å². The molecule has 0 radical (unpaired) electrons.